The number of carbonyl (C=O) groups excluding carboxylic acids is 5. The van der Waals surface area contributed by atoms with Crippen LogP contribution in [0.4, 0.5) is 4.39 Å². The second-order valence-electron chi connectivity index (χ2n) is 14.7. The predicted octanol–water partition coefficient (Wildman–Crippen LogP) is 8.62. The van der Waals surface area contributed by atoms with E-state index >= 15 is 0 Å². The van der Waals surface area contributed by atoms with Crippen LogP contribution in [0.2, 0.25) is 0 Å². The largest absolute Gasteiger partial charge is 0.458 e. The van der Waals surface area contributed by atoms with Crippen molar-refractivity contribution in [3.63, 3.8) is 0 Å². The average Bonchev–Trinajstić information content (AvgIpc) is 3.39. The van der Waals surface area contributed by atoms with Gasteiger partial charge in [-0.05, 0) is 78.9 Å². The van der Waals surface area contributed by atoms with Crippen LogP contribution in [0, 0.1) is 5.92 Å². The Morgan fingerprint density at radius 3 is 1.65 bits per heavy atom. The summed E-state index contributed by atoms with van der Waals surface area (Å²) in [4.78, 5) is 61.3. The molecule has 1 aliphatic carbocycles. The van der Waals surface area contributed by atoms with Crippen LogP contribution in [0.25, 0.3) is 0 Å². The van der Waals surface area contributed by atoms with Crippen LogP contribution in [0.3, 0.4) is 0 Å². The minimum Gasteiger partial charge on any atom is -0.458 e. The fraction of sp³-hybridized carbons (Fsp3) is 0.821. The number of unbranched alkanes of at least 4 members (excludes halogenated alkanes) is 14. The average molecular weight is 759 g/mol. The quantitative estimate of drug-likeness (QED) is 0.0306. The van der Waals surface area contributed by atoms with Crippen LogP contribution in [0.5, 0.6) is 0 Å². The molecule has 300 valence electrons. The molecule has 0 spiro atoms. The third-order valence-electron chi connectivity index (χ3n) is 8.83. The van der Waals surface area contributed by atoms with E-state index in [1.165, 1.54) is 31.4 Å². The van der Waals surface area contributed by atoms with Gasteiger partial charge in [0.1, 0.15) is 11.6 Å². The van der Waals surface area contributed by atoms with Crippen molar-refractivity contribution in [2.45, 2.75) is 181 Å². The lowest BCUT2D eigenvalue weighted by atomic mass is 9.97. The topological polar surface area (TPSA) is 154 Å². The van der Waals surface area contributed by atoms with E-state index in [2.05, 4.69) is 10.6 Å². The van der Waals surface area contributed by atoms with Crippen molar-refractivity contribution in [3.8, 4) is 0 Å². The standard InChI is InChI=1S/C39H68FN2O9P/c1-6-49-52(48,50-7-2)35(40)25-21-17-15-13-11-9-8-10-12-14-16-18-22-27-37(46)42-32(38(47)51-39(3,4)5)30-41-36(45)26-23-19-20-24-31-33(43)28-29-34(31)44/h28-29,31-32,35H,6-27,30H2,1-5H3,(H,41,45)(H,42,46). The fourth-order valence-corrected chi connectivity index (χ4v) is 7.65. The molecule has 0 aliphatic heterocycles. The molecule has 0 aromatic heterocycles. The highest BCUT2D eigenvalue weighted by Crippen LogP contribution is 2.55. The van der Waals surface area contributed by atoms with Gasteiger partial charge in [-0.2, -0.15) is 0 Å². The molecule has 52 heavy (non-hydrogen) atoms. The smallest absolute Gasteiger partial charge is 0.364 e. The number of allylic oxidation sites excluding steroid dienone is 2. The summed E-state index contributed by atoms with van der Waals surface area (Å²) in [6.07, 6.45) is 19.2. The summed E-state index contributed by atoms with van der Waals surface area (Å²) in [6.45, 7) is 8.88. The number of carbonyl (C=O) groups is 5. The van der Waals surface area contributed by atoms with Crippen LogP contribution in [-0.4, -0.2) is 66.7 Å². The second kappa shape index (κ2) is 27.2. The van der Waals surface area contributed by atoms with Crippen LogP contribution < -0.4 is 10.6 Å². The van der Waals surface area contributed by atoms with Gasteiger partial charge in [-0.1, -0.05) is 83.5 Å². The molecule has 0 bridgehead atoms. The third kappa shape index (κ3) is 21.9. The minimum atomic E-state index is -3.65. The number of amides is 2. The molecule has 11 nitrogen and oxygen atoms in total. The molecule has 1 aliphatic rings. The molecule has 0 saturated carbocycles. The van der Waals surface area contributed by atoms with E-state index < -0.39 is 37.0 Å². The third-order valence-corrected chi connectivity index (χ3v) is 11.0. The molecule has 0 radical (unpaired) electrons. The Bertz CT molecular complexity index is 1130. The van der Waals surface area contributed by atoms with Crippen LogP contribution in [0.15, 0.2) is 12.2 Å². The maximum absolute atomic E-state index is 14.4. The first-order chi connectivity index (χ1) is 24.7. The van der Waals surface area contributed by atoms with E-state index in [0.29, 0.717) is 44.9 Å². The van der Waals surface area contributed by atoms with E-state index in [0.717, 1.165) is 51.4 Å². The summed E-state index contributed by atoms with van der Waals surface area (Å²) in [7, 11) is -3.65. The normalized spacial score (nSPS) is 14.8. The summed E-state index contributed by atoms with van der Waals surface area (Å²) in [5.41, 5.74) is -0.743. The summed E-state index contributed by atoms with van der Waals surface area (Å²) in [5, 5.41) is 5.48. The van der Waals surface area contributed by atoms with E-state index in [-0.39, 0.29) is 56.0 Å². The first-order valence-corrected chi connectivity index (χ1v) is 21.4. The van der Waals surface area contributed by atoms with E-state index in [4.69, 9.17) is 13.8 Å². The summed E-state index contributed by atoms with van der Waals surface area (Å²) >= 11 is 0. The highest BCUT2D eigenvalue weighted by molar-refractivity contribution is 7.54. The summed E-state index contributed by atoms with van der Waals surface area (Å²) in [5.74, 6) is -3.54. The molecule has 2 N–H and O–H groups in total. The molecule has 13 heteroatoms. The van der Waals surface area contributed by atoms with Crippen LogP contribution in [0.1, 0.15) is 163 Å². The van der Waals surface area contributed by atoms with Crippen molar-refractivity contribution in [2.24, 2.45) is 5.92 Å². The number of hydrogen-bond donors (Lipinski definition) is 2. The molecule has 0 aromatic rings. The van der Waals surface area contributed by atoms with Gasteiger partial charge in [0, 0.05) is 19.4 Å². The first kappa shape index (κ1) is 47.6. The minimum absolute atomic E-state index is 0.0656. The van der Waals surface area contributed by atoms with Crippen LogP contribution >= 0.6 is 7.60 Å². The van der Waals surface area contributed by atoms with Gasteiger partial charge < -0.3 is 24.4 Å². The Balaban J connectivity index is 2.16. The number of ketones is 2. The first-order valence-electron chi connectivity index (χ1n) is 19.8. The van der Waals surface area contributed by atoms with E-state index in [1.807, 2.05) is 0 Å². The van der Waals surface area contributed by atoms with Gasteiger partial charge >= 0.3 is 13.6 Å². The van der Waals surface area contributed by atoms with E-state index in [1.54, 1.807) is 34.6 Å². The van der Waals surface area contributed by atoms with Gasteiger partial charge in [-0.15, -0.1) is 0 Å². The van der Waals surface area contributed by atoms with Crippen LogP contribution in [-0.2, 0) is 42.3 Å². The molecule has 0 aromatic carbocycles. The molecule has 1 rings (SSSR count). The summed E-state index contributed by atoms with van der Waals surface area (Å²) in [6, 6.07) is -0.989. The highest BCUT2D eigenvalue weighted by Gasteiger charge is 2.35. The van der Waals surface area contributed by atoms with Crippen molar-refractivity contribution in [1.29, 1.82) is 0 Å². The Morgan fingerprint density at radius 2 is 1.17 bits per heavy atom. The molecule has 0 fully saturated rings. The fourth-order valence-electron chi connectivity index (χ4n) is 6.03. The van der Waals surface area contributed by atoms with Gasteiger partial charge in [0.25, 0.3) is 0 Å². The molecule has 2 unspecified atom stereocenters. The molecular formula is C39H68FN2O9P. The number of nitrogens with one attached hydrogen (secondary N) is 2. The number of rotatable bonds is 31. The lowest BCUT2D eigenvalue weighted by Crippen LogP contribution is -2.50. The number of halogens is 1. The van der Waals surface area contributed by atoms with Crippen molar-refractivity contribution in [3.05, 3.63) is 12.2 Å². The van der Waals surface area contributed by atoms with Gasteiger partial charge in [0.05, 0.1) is 19.1 Å². The Kier molecular flexibility index (Phi) is 24.9. The Labute approximate surface area is 312 Å². The van der Waals surface area contributed by atoms with Gasteiger partial charge in [-0.25, -0.2) is 9.18 Å². The molecule has 2 atom stereocenters. The monoisotopic (exact) mass is 758 g/mol. The Hall–Kier alpha value is -2.43. The SMILES string of the molecule is CCOP(=O)(OCC)C(F)CCCCCCCCCCCCCCCC(=O)NC(CNC(=O)CCCCCC1C(=O)C=CC1=O)C(=O)OC(C)(C)C. The zero-order chi connectivity index (χ0) is 38.8. The number of hydrogen-bond acceptors (Lipinski definition) is 9. The molecule has 0 saturated heterocycles. The van der Waals surface area contributed by atoms with Gasteiger partial charge in [0.15, 0.2) is 11.6 Å². The Morgan fingerprint density at radius 1 is 0.731 bits per heavy atom. The number of alkyl halides is 1. The number of esters is 1. The second-order valence-corrected chi connectivity index (χ2v) is 16.8. The lowest BCUT2D eigenvalue weighted by Gasteiger charge is -2.25. The maximum atomic E-state index is 14.4. The molecular weight excluding hydrogens is 690 g/mol. The maximum Gasteiger partial charge on any atom is 0.364 e. The lowest BCUT2D eigenvalue weighted by molar-refractivity contribution is -0.158. The highest BCUT2D eigenvalue weighted by atomic mass is 31.2. The molecule has 2 amide bonds. The van der Waals surface area contributed by atoms with Crippen molar-refractivity contribution in [1.82, 2.24) is 10.6 Å². The van der Waals surface area contributed by atoms with Gasteiger partial charge in [0.2, 0.25) is 17.7 Å². The zero-order valence-electron chi connectivity index (χ0n) is 32.6. The van der Waals surface area contributed by atoms with Crippen molar-refractivity contribution >= 4 is 36.9 Å². The molecule has 0 heterocycles. The predicted molar refractivity (Wildman–Crippen MR) is 202 cm³/mol. The zero-order valence-corrected chi connectivity index (χ0v) is 33.5. The van der Waals surface area contributed by atoms with Gasteiger partial charge in [-0.3, -0.25) is 23.7 Å². The van der Waals surface area contributed by atoms with E-state index in [9.17, 15) is 32.9 Å². The summed E-state index contributed by atoms with van der Waals surface area (Å²) < 4.78 is 42.5. The van der Waals surface area contributed by atoms with Crippen molar-refractivity contribution in [2.75, 3.05) is 19.8 Å². The van der Waals surface area contributed by atoms with Crippen molar-refractivity contribution < 1.29 is 46.7 Å². The number of ether oxygens (including phenoxy) is 1.